The lowest BCUT2D eigenvalue weighted by Crippen LogP contribution is -2.33. The van der Waals surface area contributed by atoms with Crippen LogP contribution in [0.1, 0.15) is 12.8 Å². The smallest absolute Gasteiger partial charge is 0.325 e. The molecule has 0 aromatic rings. The van der Waals surface area contributed by atoms with Gasteiger partial charge in [-0.3, -0.25) is 9.59 Å². The minimum Gasteiger partial charge on any atom is -0.325 e. The third-order valence-electron chi connectivity index (χ3n) is 2.10. The first-order valence-electron chi connectivity index (χ1n) is 4.88. The van der Waals surface area contributed by atoms with Crippen molar-refractivity contribution in [3.05, 3.63) is 24.1 Å². The summed E-state index contributed by atoms with van der Waals surface area (Å²) >= 11 is 0. The first-order valence-corrected chi connectivity index (χ1v) is 6.59. The van der Waals surface area contributed by atoms with Crippen molar-refractivity contribution >= 4 is 27.6 Å². The Morgan fingerprint density at radius 3 is 2.28 bits per heavy atom. The molecule has 0 N–H and O–H groups in total. The van der Waals surface area contributed by atoms with Gasteiger partial charge in [0.2, 0.25) is 0 Å². The average molecular weight is 273 g/mol. The molecular weight excluding hydrogens is 262 g/mol. The Morgan fingerprint density at radius 1 is 1.33 bits per heavy atom. The Hall–Kier alpha value is -1.96. The zero-order valence-corrected chi connectivity index (χ0v) is 10.2. The van der Waals surface area contributed by atoms with Gasteiger partial charge in [-0.15, -0.1) is 5.06 Å². The lowest BCUT2D eigenvalue weighted by atomic mass is 10.4. The van der Waals surface area contributed by atoms with Crippen molar-refractivity contribution in [1.82, 2.24) is 5.06 Å². The Bertz CT molecular complexity index is 517. The number of nitrogens with zero attached hydrogens (tertiary/aromatic N) is 1. The van der Waals surface area contributed by atoms with Crippen LogP contribution < -0.4 is 0 Å². The highest BCUT2D eigenvalue weighted by Gasteiger charge is 2.33. The van der Waals surface area contributed by atoms with Crippen LogP contribution in [0.3, 0.4) is 0 Å². The number of rotatable bonds is 5. The summed E-state index contributed by atoms with van der Waals surface area (Å²) < 4.78 is 22.3. The fraction of sp³-hybridized carbons (Fsp3) is 0.300. The quantitative estimate of drug-likeness (QED) is 0.504. The molecule has 1 aliphatic rings. The van der Waals surface area contributed by atoms with Crippen molar-refractivity contribution in [2.45, 2.75) is 12.8 Å². The van der Waals surface area contributed by atoms with E-state index in [-0.39, 0.29) is 18.4 Å². The summed E-state index contributed by atoms with van der Waals surface area (Å²) in [5.74, 6) is -3.10. The van der Waals surface area contributed by atoms with Gasteiger partial charge < -0.3 is 4.84 Å². The van der Waals surface area contributed by atoms with Gasteiger partial charge in [0.25, 0.3) is 11.8 Å². The second-order valence-electron chi connectivity index (χ2n) is 3.54. The van der Waals surface area contributed by atoms with Crippen molar-refractivity contribution in [3.63, 3.8) is 0 Å². The van der Waals surface area contributed by atoms with E-state index in [9.17, 15) is 22.8 Å². The number of sulfone groups is 1. The van der Waals surface area contributed by atoms with Gasteiger partial charge in [-0.2, -0.15) is 0 Å². The summed E-state index contributed by atoms with van der Waals surface area (Å²) in [5, 5.41) is 1.01. The molecule has 8 heteroatoms. The SMILES string of the molecule is C=CS(=O)(=O)CC(=C)C(=O)ON1C(=O)CCC1=O. The Balaban J connectivity index is 2.66. The summed E-state index contributed by atoms with van der Waals surface area (Å²) in [6.07, 6.45) is -0.0763. The molecule has 0 aromatic heterocycles. The number of imide groups is 1. The topological polar surface area (TPSA) is 97.8 Å². The highest BCUT2D eigenvalue weighted by Crippen LogP contribution is 2.14. The fourth-order valence-electron chi connectivity index (χ4n) is 1.17. The van der Waals surface area contributed by atoms with E-state index in [0.717, 1.165) is 0 Å². The van der Waals surface area contributed by atoms with E-state index in [4.69, 9.17) is 0 Å². The number of amides is 2. The Labute approximate surface area is 104 Å². The standard InChI is InChI=1S/C10H11NO6S/c1-3-18(15,16)6-7(2)10(14)17-11-8(12)4-5-9(11)13/h3H,1-2,4-6H2. The molecule has 0 spiro atoms. The molecule has 1 heterocycles. The van der Waals surface area contributed by atoms with E-state index < -0.39 is 33.4 Å². The van der Waals surface area contributed by atoms with Crippen LogP contribution in [0.4, 0.5) is 0 Å². The average Bonchev–Trinajstić information content (AvgIpc) is 2.60. The molecule has 98 valence electrons. The van der Waals surface area contributed by atoms with Gasteiger partial charge in [0.15, 0.2) is 9.84 Å². The van der Waals surface area contributed by atoms with E-state index in [1.54, 1.807) is 0 Å². The molecule has 7 nitrogen and oxygen atoms in total. The zero-order chi connectivity index (χ0) is 13.9. The molecule has 1 saturated heterocycles. The molecule has 0 unspecified atom stereocenters. The third-order valence-corrected chi connectivity index (χ3v) is 3.36. The zero-order valence-electron chi connectivity index (χ0n) is 9.42. The van der Waals surface area contributed by atoms with Gasteiger partial charge in [0, 0.05) is 23.8 Å². The highest BCUT2D eigenvalue weighted by molar-refractivity contribution is 7.94. The van der Waals surface area contributed by atoms with Crippen LogP contribution in [0, 0.1) is 0 Å². The van der Waals surface area contributed by atoms with E-state index in [2.05, 4.69) is 18.0 Å². The highest BCUT2D eigenvalue weighted by atomic mass is 32.2. The Morgan fingerprint density at radius 2 is 1.83 bits per heavy atom. The summed E-state index contributed by atoms with van der Waals surface area (Å²) in [6, 6.07) is 0. The molecule has 0 atom stereocenters. The van der Waals surface area contributed by atoms with Gasteiger partial charge in [-0.1, -0.05) is 13.2 Å². The van der Waals surface area contributed by atoms with Crippen LogP contribution in [0.2, 0.25) is 0 Å². The second-order valence-corrected chi connectivity index (χ2v) is 5.49. The first-order chi connectivity index (χ1) is 8.26. The van der Waals surface area contributed by atoms with Gasteiger partial charge in [0.05, 0.1) is 5.75 Å². The molecule has 2 amide bonds. The molecule has 0 aliphatic carbocycles. The van der Waals surface area contributed by atoms with Crippen molar-refractivity contribution in [3.8, 4) is 0 Å². The summed E-state index contributed by atoms with van der Waals surface area (Å²) in [6.45, 7) is 6.30. The van der Waals surface area contributed by atoms with Crippen molar-refractivity contribution in [1.29, 1.82) is 0 Å². The van der Waals surface area contributed by atoms with Crippen molar-refractivity contribution < 1.29 is 27.6 Å². The van der Waals surface area contributed by atoms with Crippen LogP contribution in [0.25, 0.3) is 0 Å². The molecule has 0 bridgehead atoms. The summed E-state index contributed by atoms with van der Waals surface area (Å²) in [5.41, 5.74) is -0.387. The van der Waals surface area contributed by atoms with Crippen molar-refractivity contribution in [2.75, 3.05) is 5.75 Å². The molecule has 0 radical (unpaired) electrons. The van der Waals surface area contributed by atoms with E-state index in [0.29, 0.717) is 10.5 Å². The fourth-order valence-corrected chi connectivity index (χ4v) is 1.89. The maximum Gasteiger partial charge on any atom is 0.360 e. The van der Waals surface area contributed by atoms with Gasteiger partial charge in [-0.05, 0) is 0 Å². The maximum absolute atomic E-state index is 11.4. The molecule has 0 aromatic carbocycles. The predicted molar refractivity (Wildman–Crippen MR) is 60.3 cm³/mol. The van der Waals surface area contributed by atoms with E-state index >= 15 is 0 Å². The maximum atomic E-state index is 11.4. The van der Waals surface area contributed by atoms with Gasteiger partial charge in [-0.25, -0.2) is 13.2 Å². The first kappa shape index (κ1) is 14.1. The minimum absolute atomic E-state index is 0.0381. The molecule has 0 saturated carbocycles. The number of hydroxylamine groups is 2. The number of hydrogen-bond donors (Lipinski definition) is 0. The van der Waals surface area contributed by atoms with Crippen LogP contribution >= 0.6 is 0 Å². The lowest BCUT2D eigenvalue weighted by molar-refractivity contribution is -0.194. The third kappa shape index (κ3) is 3.27. The molecule has 18 heavy (non-hydrogen) atoms. The molecule has 1 rings (SSSR count). The monoisotopic (exact) mass is 273 g/mol. The number of hydrogen-bond acceptors (Lipinski definition) is 6. The lowest BCUT2D eigenvalue weighted by Gasteiger charge is -2.13. The molecular formula is C10H11NO6S. The largest absolute Gasteiger partial charge is 0.360 e. The van der Waals surface area contributed by atoms with E-state index in [1.807, 2.05) is 0 Å². The minimum atomic E-state index is -3.65. The summed E-state index contributed by atoms with van der Waals surface area (Å²) in [4.78, 5) is 38.2. The molecule has 1 fully saturated rings. The number of carbonyl (C=O) groups excluding carboxylic acids is 3. The normalized spacial score (nSPS) is 15.7. The van der Waals surface area contributed by atoms with Crippen LogP contribution in [-0.4, -0.2) is 37.0 Å². The van der Waals surface area contributed by atoms with Crippen LogP contribution in [-0.2, 0) is 29.1 Å². The Kier molecular flexibility index (Phi) is 4.02. The van der Waals surface area contributed by atoms with E-state index in [1.165, 1.54) is 0 Å². The number of carbonyl (C=O) groups is 3. The second kappa shape index (κ2) is 5.13. The predicted octanol–water partition coefficient (Wildman–Crippen LogP) is -0.292. The summed E-state index contributed by atoms with van der Waals surface area (Å²) in [7, 11) is -3.65. The van der Waals surface area contributed by atoms with Crippen LogP contribution in [0.15, 0.2) is 24.1 Å². The van der Waals surface area contributed by atoms with Crippen LogP contribution in [0.5, 0.6) is 0 Å². The molecule has 1 aliphatic heterocycles. The van der Waals surface area contributed by atoms with Gasteiger partial charge >= 0.3 is 5.97 Å². The van der Waals surface area contributed by atoms with Crippen molar-refractivity contribution in [2.24, 2.45) is 0 Å². The van der Waals surface area contributed by atoms with Gasteiger partial charge in [0.1, 0.15) is 0 Å².